The summed E-state index contributed by atoms with van der Waals surface area (Å²) in [5.41, 5.74) is 6.44. The van der Waals surface area contributed by atoms with Gasteiger partial charge in [-0.2, -0.15) is 0 Å². The zero-order valence-electron chi connectivity index (χ0n) is 11.4. The Morgan fingerprint density at radius 3 is 2.55 bits per heavy atom. The third-order valence-corrected chi connectivity index (χ3v) is 4.01. The highest BCUT2D eigenvalue weighted by atomic mass is 35.5. The van der Waals surface area contributed by atoms with Crippen LogP contribution in [0.3, 0.4) is 0 Å². The van der Waals surface area contributed by atoms with Gasteiger partial charge < -0.3 is 11.1 Å². The molecule has 1 heterocycles. The Kier molecular flexibility index (Phi) is 4.60. The summed E-state index contributed by atoms with van der Waals surface area (Å²) in [6, 6.07) is 1.73. The maximum Gasteiger partial charge on any atom is 0.254 e. The Morgan fingerprint density at radius 1 is 1.35 bits per heavy atom. The molecule has 20 heavy (non-hydrogen) atoms. The Balaban J connectivity index is 1.94. The molecule has 0 spiro atoms. The van der Waals surface area contributed by atoms with Crippen molar-refractivity contribution in [3.63, 3.8) is 0 Å². The molecule has 6 heteroatoms. The van der Waals surface area contributed by atoms with Crippen molar-refractivity contribution in [2.45, 2.75) is 38.6 Å². The second-order valence-corrected chi connectivity index (χ2v) is 5.64. The second kappa shape index (κ2) is 6.22. The highest BCUT2D eigenvalue weighted by molar-refractivity contribution is 6.33. The summed E-state index contributed by atoms with van der Waals surface area (Å²) < 4.78 is 0. The van der Waals surface area contributed by atoms with E-state index < -0.39 is 0 Å². The van der Waals surface area contributed by atoms with Crippen molar-refractivity contribution >= 4 is 23.4 Å². The number of carbonyl (C=O) groups excluding carboxylic acids is 2. The van der Waals surface area contributed by atoms with E-state index in [2.05, 4.69) is 10.3 Å². The van der Waals surface area contributed by atoms with Gasteiger partial charge in [-0.3, -0.25) is 14.6 Å². The highest BCUT2D eigenvalue weighted by Gasteiger charge is 2.26. The zero-order chi connectivity index (χ0) is 14.7. The van der Waals surface area contributed by atoms with Gasteiger partial charge in [-0.05, 0) is 38.7 Å². The molecule has 1 aliphatic carbocycles. The predicted molar refractivity (Wildman–Crippen MR) is 76.4 cm³/mol. The number of pyridine rings is 1. The third kappa shape index (κ3) is 3.48. The fourth-order valence-corrected chi connectivity index (χ4v) is 2.77. The maximum absolute atomic E-state index is 12.1. The smallest absolute Gasteiger partial charge is 0.254 e. The molecule has 2 amide bonds. The van der Waals surface area contributed by atoms with Crippen LogP contribution in [0, 0.1) is 12.8 Å². The molecule has 0 bridgehead atoms. The van der Waals surface area contributed by atoms with Crippen LogP contribution in [0.15, 0.2) is 12.3 Å². The SMILES string of the molecule is Cc1cc(Cl)c(C(=O)NC2CCC(C(N)=O)CC2)cn1. The minimum Gasteiger partial charge on any atom is -0.369 e. The van der Waals surface area contributed by atoms with Gasteiger partial charge in [-0.15, -0.1) is 0 Å². The molecule has 1 aromatic rings. The van der Waals surface area contributed by atoms with E-state index in [4.69, 9.17) is 17.3 Å². The lowest BCUT2D eigenvalue weighted by molar-refractivity contribution is -0.122. The van der Waals surface area contributed by atoms with Crippen molar-refractivity contribution in [2.75, 3.05) is 0 Å². The van der Waals surface area contributed by atoms with Crippen LogP contribution in [0.5, 0.6) is 0 Å². The number of carbonyl (C=O) groups is 2. The van der Waals surface area contributed by atoms with Crippen molar-refractivity contribution in [1.29, 1.82) is 0 Å². The number of primary amides is 1. The molecule has 1 aliphatic rings. The molecule has 1 saturated carbocycles. The summed E-state index contributed by atoms with van der Waals surface area (Å²) in [5.74, 6) is -0.529. The van der Waals surface area contributed by atoms with Crippen molar-refractivity contribution in [3.8, 4) is 0 Å². The average molecular weight is 296 g/mol. The number of halogens is 1. The monoisotopic (exact) mass is 295 g/mol. The summed E-state index contributed by atoms with van der Waals surface area (Å²) in [4.78, 5) is 27.3. The third-order valence-electron chi connectivity index (χ3n) is 3.70. The summed E-state index contributed by atoms with van der Waals surface area (Å²) in [6.07, 6.45) is 4.45. The molecule has 0 radical (unpaired) electrons. The number of rotatable bonds is 3. The van der Waals surface area contributed by atoms with Crippen molar-refractivity contribution < 1.29 is 9.59 Å². The Morgan fingerprint density at radius 2 is 2.00 bits per heavy atom. The van der Waals surface area contributed by atoms with Gasteiger partial charge in [-0.1, -0.05) is 11.6 Å². The molecule has 0 aromatic carbocycles. The molecule has 0 unspecified atom stereocenters. The largest absolute Gasteiger partial charge is 0.369 e. The lowest BCUT2D eigenvalue weighted by atomic mass is 9.85. The number of hydrogen-bond donors (Lipinski definition) is 2. The van der Waals surface area contributed by atoms with E-state index in [1.165, 1.54) is 6.20 Å². The van der Waals surface area contributed by atoms with Gasteiger partial charge in [0.15, 0.2) is 0 Å². The number of aromatic nitrogens is 1. The topological polar surface area (TPSA) is 85.1 Å². The van der Waals surface area contributed by atoms with Gasteiger partial charge >= 0.3 is 0 Å². The lowest BCUT2D eigenvalue weighted by Gasteiger charge is -2.27. The van der Waals surface area contributed by atoms with Crippen LogP contribution in [-0.4, -0.2) is 22.8 Å². The molecule has 0 aliphatic heterocycles. The molecule has 3 N–H and O–H groups in total. The summed E-state index contributed by atoms with van der Waals surface area (Å²) >= 11 is 6.04. The number of amides is 2. The average Bonchev–Trinajstić information content (AvgIpc) is 2.39. The van der Waals surface area contributed by atoms with Crippen LogP contribution in [0.25, 0.3) is 0 Å². The number of nitrogens with zero attached hydrogens (tertiary/aromatic N) is 1. The number of hydrogen-bond acceptors (Lipinski definition) is 3. The number of nitrogens with two attached hydrogens (primary N) is 1. The van der Waals surface area contributed by atoms with Crippen LogP contribution >= 0.6 is 11.6 Å². The summed E-state index contributed by atoms with van der Waals surface area (Å²) in [7, 11) is 0. The van der Waals surface area contributed by atoms with E-state index in [0.29, 0.717) is 10.6 Å². The minimum absolute atomic E-state index is 0.0622. The van der Waals surface area contributed by atoms with Gasteiger partial charge in [0.2, 0.25) is 5.91 Å². The quantitative estimate of drug-likeness (QED) is 0.892. The molecule has 2 rings (SSSR count). The molecule has 108 valence electrons. The fraction of sp³-hybridized carbons (Fsp3) is 0.500. The molecule has 0 saturated heterocycles. The first-order valence-electron chi connectivity index (χ1n) is 6.69. The van der Waals surface area contributed by atoms with E-state index >= 15 is 0 Å². The first-order valence-corrected chi connectivity index (χ1v) is 7.07. The first-order chi connectivity index (χ1) is 9.47. The van der Waals surface area contributed by atoms with Gasteiger partial charge in [0.25, 0.3) is 5.91 Å². The molecule has 1 aromatic heterocycles. The first kappa shape index (κ1) is 14.8. The standard InChI is InChI=1S/C14H18ClN3O2/c1-8-6-12(15)11(7-17-8)14(20)18-10-4-2-9(3-5-10)13(16)19/h6-7,9-10H,2-5H2,1H3,(H2,16,19)(H,18,20). The van der Waals surface area contributed by atoms with Gasteiger partial charge in [0.05, 0.1) is 10.6 Å². The van der Waals surface area contributed by atoms with Gasteiger partial charge in [0, 0.05) is 23.9 Å². The normalized spacial score (nSPS) is 22.3. The molecular weight excluding hydrogens is 278 g/mol. The maximum atomic E-state index is 12.1. The fourth-order valence-electron chi connectivity index (χ4n) is 2.48. The summed E-state index contributed by atoms with van der Waals surface area (Å²) in [6.45, 7) is 1.82. The van der Waals surface area contributed by atoms with Gasteiger partial charge in [0.1, 0.15) is 0 Å². The van der Waals surface area contributed by atoms with Crippen molar-refractivity contribution in [1.82, 2.24) is 10.3 Å². The van der Waals surface area contributed by atoms with Crippen LogP contribution in [0.2, 0.25) is 5.02 Å². The highest BCUT2D eigenvalue weighted by Crippen LogP contribution is 2.24. The second-order valence-electron chi connectivity index (χ2n) is 5.23. The van der Waals surface area contributed by atoms with Crippen LogP contribution in [0.4, 0.5) is 0 Å². The summed E-state index contributed by atoms with van der Waals surface area (Å²) in [5, 5.41) is 3.34. The van der Waals surface area contributed by atoms with E-state index in [-0.39, 0.29) is 23.8 Å². The zero-order valence-corrected chi connectivity index (χ0v) is 12.1. The Labute approximate surface area is 122 Å². The van der Waals surface area contributed by atoms with Gasteiger partial charge in [-0.25, -0.2) is 0 Å². The van der Waals surface area contributed by atoms with Crippen molar-refractivity contribution in [2.24, 2.45) is 11.7 Å². The van der Waals surface area contributed by atoms with E-state index in [0.717, 1.165) is 31.4 Å². The molecule has 0 atom stereocenters. The molecule has 1 fully saturated rings. The van der Waals surface area contributed by atoms with Crippen molar-refractivity contribution in [3.05, 3.63) is 28.5 Å². The van der Waals surface area contributed by atoms with Crippen LogP contribution in [-0.2, 0) is 4.79 Å². The Bertz CT molecular complexity index is 525. The minimum atomic E-state index is -0.249. The van der Waals surface area contributed by atoms with E-state index in [1.807, 2.05) is 6.92 Å². The Hall–Kier alpha value is -1.62. The van der Waals surface area contributed by atoms with Crippen LogP contribution in [0.1, 0.15) is 41.7 Å². The lowest BCUT2D eigenvalue weighted by Crippen LogP contribution is -2.39. The molecule has 5 nitrogen and oxygen atoms in total. The predicted octanol–water partition coefficient (Wildman–Crippen LogP) is 1.82. The van der Waals surface area contributed by atoms with E-state index in [9.17, 15) is 9.59 Å². The van der Waals surface area contributed by atoms with Crippen LogP contribution < -0.4 is 11.1 Å². The number of aryl methyl sites for hydroxylation is 1. The number of nitrogens with one attached hydrogen (secondary N) is 1. The van der Waals surface area contributed by atoms with E-state index in [1.54, 1.807) is 6.07 Å². The molecular formula is C14H18ClN3O2.